The van der Waals surface area contributed by atoms with Crippen molar-refractivity contribution in [3.05, 3.63) is 42.1 Å². The molecule has 0 radical (unpaired) electrons. The van der Waals surface area contributed by atoms with Crippen molar-refractivity contribution in [2.45, 2.75) is 44.4 Å². The smallest absolute Gasteiger partial charge is 0.317 e. The number of rotatable bonds is 6. The van der Waals surface area contributed by atoms with Crippen LogP contribution in [0.5, 0.6) is 0 Å². The summed E-state index contributed by atoms with van der Waals surface area (Å²) in [6.07, 6.45) is 6.44. The van der Waals surface area contributed by atoms with Gasteiger partial charge in [0.1, 0.15) is 0 Å². The Hall–Kier alpha value is -2.38. The van der Waals surface area contributed by atoms with E-state index in [0.29, 0.717) is 13.2 Å². The summed E-state index contributed by atoms with van der Waals surface area (Å²) in [4.78, 5) is 14.5. The van der Waals surface area contributed by atoms with Crippen LogP contribution in [0, 0.1) is 0 Å². The molecule has 3 heterocycles. The van der Waals surface area contributed by atoms with Gasteiger partial charge in [0.25, 0.3) is 0 Å². The number of carbonyl (C=O) groups excluding carboxylic acids is 1. The van der Waals surface area contributed by atoms with Gasteiger partial charge in [-0.3, -0.25) is 4.68 Å². The van der Waals surface area contributed by atoms with Crippen molar-refractivity contribution in [2.24, 2.45) is 7.05 Å². The molecule has 2 saturated heterocycles. The van der Waals surface area contributed by atoms with Gasteiger partial charge >= 0.3 is 6.03 Å². The molecule has 1 aromatic heterocycles. The number of hydrogen-bond acceptors (Lipinski definition) is 4. The highest BCUT2D eigenvalue weighted by Crippen LogP contribution is 2.22. The average Bonchev–Trinajstić information content (AvgIpc) is 3.41. The Balaban J connectivity index is 1.25. The van der Waals surface area contributed by atoms with Crippen LogP contribution < -0.4 is 5.32 Å². The number of urea groups is 1. The van der Waals surface area contributed by atoms with Crippen molar-refractivity contribution in [3.63, 3.8) is 0 Å². The van der Waals surface area contributed by atoms with Gasteiger partial charge in [-0.1, -0.05) is 30.3 Å². The van der Waals surface area contributed by atoms with Crippen molar-refractivity contribution in [2.75, 3.05) is 26.3 Å². The van der Waals surface area contributed by atoms with Crippen molar-refractivity contribution in [3.8, 4) is 11.3 Å². The minimum Gasteiger partial charge on any atom is -0.376 e. The van der Waals surface area contributed by atoms with Gasteiger partial charge in [0.05, 0.1) is 24.5 Å². The summed E-state index contributed by atoms with van der Waals surface area (Å²) in [5.41, 5.74) is 2.98. The number of amides is 2. The Morgan fingerprint density at radius 3 is 2.76 bits per heavy atom. The molecule has 2 aliphatic heterocycles. The minimum atomic E-state index is -0.0227. The van der Waals surface area contributed by atoms with Crippen LogP contribution in [-0.2, 0) is 23.1 Å². The van der Waals surface area contributed by atoms with E-state index in [4.69, 9.17) is 9.47 Å². The van der Waals surface area contributed by atoms with E-state index < -0.39 is 0 Å². The second-order valence-electron chi connectivity index (χ2n) is 7.86. The zero-order valence-electron chi connectivity index (χ0n) is 17.0. The minimum absolute atomic E-state index is 0.0227. The third-order valence-corrected chi connectivity index (χ3v) is 5.65. The monoisotopic (exact) mass is 398 g/mol. The highest BCUT2D eigenvalue weighted by atomic mass is 16.5. The summed E-state index contributed by atoms with van der Waals surface area (Å²) in [6.45, 7) is 3.45. The molecule has 1 N–H and O–H groups in total. The molecule has 0 saturated carbocycles. The van der Waals surface area contributed by atoms with Crippen molar-refractivity contribution in [1.82, 2.24) is 20.0 Å². The van der Waals surface area contributed by atoms with Crippen LogP contribution in [0.2, 0.25) is 0 Å². The highest BCUT2D eigenvalue weighted by molar-refractivity contribution is 5.74. The Morgan fingerprint density at radius 2 is 2.03 bits per heavy atom. The van der Waals surface area contributed by atoms with Gasteiger partial charge in [-0.25, -0.2) is 4.79 Å². The van der Waals surface area contributed by atoms with Crippen LogP contribution >= 0.6 is 0 Å². The number of piperidine rings is 1. The van der Waals surface area contributed by atoms with Crippen LogP contribution in [0.25, 0.3) is 11.3 Å². The molecule has 156 valence electrons. The number of carbonyl (C=O) groups is 1. The fourth-order valence-corrected chi connectivity index (χ4v) is 4.03. The molecule has 7 heteroatoms. The van der Waals surface area contributed by atoms with Crippen molar-refractivity contribution >= 4 is 6.03 Å². The Labute approximate surface area is 172 Å². The summed E-state index contributed by atoms with van der Waals surface area (Å²) in [5, 5.41) is 7.62. The number of benzene rings is 1. The molecule has 1 aromatic carbocycles. The molecule has 2 aromatic rings. The molecule has 2 aliphatic rings. The third-order valence-electron chi connectivity index (χ3n) is 5.65. The topological polar surface area (TPSA) is 68.6 Å². The van der Waals surface area contributed by atoms with Crippen LogP contribution in [0.4, 0.5) is 4.79 Å². The molecular weight excluding hydrogens is 368 g/mol. The van der Waals surface area contributed by atoms with E-state index in [1.54, 1.807) is 4.68 Å². The van der Waals surface area contributed by atoms with Crippen LogP contribution in [0.1, 0.15) is 31.2 Å². The highest BCUT2D eigenvalue weighted by Gasteiger charge is 2.25. The summed E-state index contributed by atoms with van der Waals surface area (Å²) in [7, 11) is 1.90. The summed E-state index contributed by atoms with van der Waals surface area (Å²) < 4.78 is 13.4. The summed E-state index contributed by atoms with van der Waals surface area (Å²) in [6, 6.07) is 10.0. The van der Waals surface area contributed by atoms with Gasteiger partial charge in [-0.05, 0) is 25.7 Å². The first-order valence-electron chi connectivity index (χ1n) is 10.5. The fraction of sp³-hybridized carbons (Fsp3) is 0.545. The van der Waals surface area contributed by atoms with Gasteiger partial charge in [0, 0.05) is 50.6 Å². The molecule has 1 unspecified atom stereocenters. The SMILES string of the molecule is Cn1cc(CNC(=O)N2CCC(OCC3CCCO3)CC2)c(-c2ccccc2)n1. The maximum Gasteiger partial charge on any atom is 0.317 e. The van der Waals surface area contributed by atoms with Gasteiger partial charge in [-0.15, -0.1) is 0 Å². The number of nitrogens with one attached hydrogen (secondary N) is 1. The van der Waals surface area contributed by atoms with Gasteiger partial charge in [0.2, 0.25) is 0 Å². The van der Waals surface area contributed by atoms with Gasteiger partial charge in [0.15, 0.2) is 0 Å². The van der Waals surface area contributed by atoms with Crippen LogP contribution in [-0.4, -0.2) is 59.2 Å². The zero-order valence-corrected chi connectivity index (χ0v) is 17.0. The lowest BCUT2D eigenvalue weighted by molar-refractivity contribution is -0.0381. The molecule has 7 nitrogen and oxygen atoms in total. The number of likely N-dealkylation sites (tertiary alicyclic amines) is 1. The van der Waals surface area contributed by atoms with Gasteiger partial charge in [-0.2, -0.15) is 5.10 Å². The van der Waals surface area contributed by atoms with Gasteiger partial charge < -0.3 is 19.7 Å². The van der Waals surface area contributed by atoms with E-state index in [0.717, 1.165) is 62.2 Å². The normalized spacial score (nSPS) is 20.2. The molecule has 0 spiro atoms. The van der Waals surface area contributed by atoms with Crippen molar-refractivity contribution < 1.29 is 14.3 Å². The van der Waals surface area contributed by atoms with E-state index in [2.05, 4.69) is 10.4 Å². The number of ether oxygens (including phenoxy) is 2. The Morgan fingerprint density at radius 1 is 1.24 bits per heavy atom. The average molecular weight is 399 g/mol. The fourth-order valence-electron chi connectivity index (χ4n) is 4.03. The summed E-state index contributed by atoms with van der Waals surface area (Å²) >= 11 is 0. The van der Waals surface area contributed by atoms with E-state index >= 15 is 0 Å². The van der Waals surface area contributed by atoms with Crippen molar-refractivity contribution in [1.29, 1.82) is 0 Å². The molecule has 29 heavy (non-hydrogen) atoms. The molecular formula is C22H30N4O3. The number of aromatic nitrogens is 2. The van der Waals surface area contributed by atoms with E-state index in [9.17, 15) is 4.79 Å². The maximum atomic E-state index is 12.6. The molecule has 1 atom stereocenters. The Bertz CT molecular complexity index is 794. The zero-order chi connectivity index (χ0) is 20.1. The number of hydrogen-bond donors (Lipinski definition) is 1. The predicted molar refractivity (Wildman–Crippen MR) is 110 cm³/mol. The molecule has 4 rings (SSSR count). The second-order valence-corrected chi connectivity index (χ2v) is 7.86. The number of aryl methyl sites for hydroxylation is 1. The summed E-state index contributed by atoms with van der Waals surface area (Å²) in [5.74, 6) is 0. The Kier molecular flexibility index (Phi) is 6.46. The van der Waals surface area contributed by atoms with E-state index in [1.165, 1.54) is 0 Å². The molecule has 0 aliphatic carbocycles. The molecule has 0 bridgehead atoms. The molecule has 2 fully saturated rings. The first-order valence-corrected chi connectivity index (χ1v) is 10.5. The maximum absolute atomic E-state index is 12.6. The van der Waals surface area contributed by atoms with Crippen LogP contribution in [0.3, 0.4) is 0 Å². The lowest BCUT2D eigenvalue weighted by Gasteiger charge is -2.32. The lowest BCUT2D eigenvalue weighted by atomic mass is 10.1. The second kappa shape index (κ2) is 9.41. The first-order chi connectivity index (χ1) is 14.2. The third kappa shape index (κ3) is 5.16. The van der Waals surface area contributed by atoms with E-state index in [-0.39, 0.29) is 18.2 Å². The number of nitrogens with zero attached hydrogens (tertiary/aromatic N) is 3. The lowest BCUT2D eigenvalue weighted by Crippen LogP contribution is -2.46. The predicted octanol–water partition coefficient (Wildman–Crippen LogP) is 2.96. The standard InChI is InChI=1S/C22H30N4O3/c1-25-15-18(21(24-25)17-6-3-2-4-7-17)14-23-22(27)26-11-9-19(10-12-26)29-16-20-8-5-13-28-20/h2-4,6-7,15,19-20H,5,8-14,16H2,1H3,(H,23,27). The quantitative estimate of drug-likeness (QED) is 0.812. The first kappa shape index (κ1) is 19.9. The van der Waals surface area contributed by atoms with Crippen LogP contribution in [0.15, 0.2) is 36.5 Å². The molecule has 2 amide bonds. The largest absolute Gasteiger partial charge is 0.376 e. The van der Waals surface area contributed by atoms with E-state index in [1.807, 2.05) is 48.5 Å².